The lowest BCUT2D eigenvalue weighted by Crippen LogP contribution is -1.99. The number of unbranched alkanes of at least 4 members (excludes halogenated alkanes) is 3. The number of hydrogen-bond acceptors (Lipinski definition) is 2. The Hall–Kier alpha value is -0.0800. The molecule has 0 atom stereocenters. The van der Waals surface area contributed by atoms with Gasteiger partial charge >= 0.3 is 0 Å². The maximum absolute atomic E-state index is 10.8. The lowest BCUT2D eigenvalue weighted by atomic mass is 10.1. The first kappa shape index (κ1) is 13.9. The van der Waals surface area contributed by atoms with Crippen molar-refractivity contribution in [2.75, 3.05) is 11.8 Å². The van der Waals surface area contributed by atoms with Gasteiger partial charge in [-0.3, -0.25) is 9.59 Å². The normalized spacial score (nSPS) is 10.1. The molecule has 0 aromatic heterocycles. The number of hydrogen-bond donors (Lipinski definition) is 0. The van der Waals surface area contributed by atoms with E-state index in [-0.39, 0.29) is 23.3 Å². The summed E-state index contributed by atoms with van der Waals surface area (Å²) >= 11 is 10.7. The van der Waals surface area contributed by atoms with Crippen LogP contribution in [0.4, 0.5) is 0 Å². The van der Waals surface area contributed by atoms with Crippen LogP contribution in [0.15, 0.2) is 0 Å². The molecule has 0 aromatic carbocycles. The molecule has 0 aliphatic carbocycles. The van der Waals surface area contributed by atoms with Gasteiger partial charge in [0, 0.05) is 12.8 Å². The van der Waals surface area contributed by atoms with Crippen LogP contribution in [-0.2, 0) is 9.59 Å². The van der Waals surface area contributed by atoms with Crippen molar-refractivity contribution < 1.29 is 9.59 Å². The van der Waals surface area contributed by atoms with Crippen LogP contribution in [0.2, 0.25) is 0 Å². The third-order valence-corrected chi connectivity index (χ3v) is 2.56. The molecule has 0 rings (SSSR count). The van der Waals surface area contributed by atoms with Gasteiger partial charge in [0.25, 0.3) is 0 Å². The third-order valence-electron chi connectivity index (χ3n) is 1.96. The summed E-state index contributed by atoms with van der Waals surface area (Å²) in [6.45, 7) is 0. The molecule has 0 unspecified atom stereocenters. The fourth-order valence-electron chi connectivity index (χ4n) is 1.13. The Kier molecular flexibility index (Phi) is 9.42. The van der Waals surface area contributed by atoms with E-state index >= 15 is 0 Å². The maximum Gasteiger partial charge on any atom is 0.147 e. The minimum absolute atomic E-state index is 0.100. The van der Waals surface area contributed by atoms with Gasteiger partial charge in [0.15, 0.2) is 0 Å². The summed E-state index contributed by atoms with van der Waals surface area (Å²) in [5.74, 6) is 0.433. The topological polar surface area (TPSA) is 34.1 Å². The molecule has 0 fully saturated rings. The van der Waals surface area contributed by atoms with Gasteiger partial charge in [-0.15, -0.1) is 23.2 Å². The first-order valence-electron chi connectivity index (χ1n) is 4.86. The predicted molar refractivity (Wildman–Crippen MR) is 59.2 cm³/mol. The molecule has 0 saturated carbocycles. The Morgan fingerprint density at radius 3 is 1.36 bits per heavy atom. The highest BCUT2D eigenvalue weighted by molar-refractivity contribution is 6.27. The number of halogens is 2. The average molecular weight is 239 g/mol. The van der Waals surface area contributed by atoms with Crippen LogP contribution in [-0.4, -0.2) is 23.3 Å². The molecule has 14 heavy (non-hydrogen) atoms. The molecule has 0 bridgehead atoms. The summed E-state index contributed by atoms with van der Waals surface area (Å²) in [5.41, 5.74) is 0. The zero-order valence-corrected chi connectivity index (χ0v) is 9.74. The molecule has 0 aliphatic heterocycles. The van der Waals surface area contributed by atoms with Crippen molar-refractivity contribution in [3.63, 3.8) is 0 Å². The molecule has 0 saturated heterocycles. The minimum atomic E-state index is 0.100. The van der Waals surface area contributed by atoms with Crippen molar-refractivity contribution in [2.45, 2.75) is 38.5 Å². The molecule has 0 aromatic rings. The largest absolute Gasteiger partial charge is 0.298 e. The van der Waals surface area contributed by atoms with Crippen molar-refractivity contribution in [1.29, 1.82) is 0 Å². The van der Waals surface area contributed by atoms with Crippen LogP contribution in [0.5, 0.6) is 0 Å². The average Bonchev–Trinajstić information content (AvgIpc) is 2.22. The van der Waals surface area contributed by atoms with Crippen molar-refractivity contribution in [3.05, 3.63) is 0 Å². The highest BCUT2D eigenvalue weighted by Gasteiger charge is 2.00. The Labute approximate surface area is 95.0 Å². The molecule has 82 valence electrons. The smallest absolute Gasteiger partial charge is 0.147 e. The van der Waals surface area contributed by atoms with Gasteiger partial charge in [0.05, 0.1) is 11.8 Å². The minimum Gasteiger partial charge on any atom is -0.298 e. The van der Waals surface area contributed by atoms with Crippen molar-refractivity contribution in [3.8, 4) is 0 Å². The molecule has 0 N–H and O–H groups in total. The molecule has 0 amide bonds. The number of Topliss-reactive ketones (excluding diaryl/α,β-unsaturated/α-hetero) is 2. The molecule has 0 spiro atoms. The van der Waals surface area contributed by atoms with E-state index in [2.05, 4.69) is 0 Å². The molecule has 2 nitrogen and oxygen atoms in total. The van der Waals surface area contributed by atoms with Gasteiger partial charge in [0.2, 0.25) is 0 Å². The summed E-state index contributed by atoms with van der Waals surface area (Å²) < 4.78 is 0. The van der Waals surface area contributed by atoms with Gasteiger partial charge in [-0.1, -0.05) is 12.8 Å². The summed E-state index contributed by atoms with van der Waals surface area (Å²) in [5, 5.41) is 0. The van der Waals surface area contributed by atoms with Gasteiger partial charge in [-0.2, -0.15) is 0 Å². The fourth-order valence-corrected chi connectivity index (χ4v) is 1.40. The van der Waals surface area contributed by atoms with Gasteiger partial charge in [-0.05, 0) is 12.8 Å². The van der Waals surface area contributed by atoms with E-state index in [1.165, 1.54) is 0 Å². The molecular formula is C10H16Cl2O2. The van der Waals surface area contributed by atoms with E-state index in [0.717, 1.165) is 25.7 Å². The summed E-state index contributed by atoms with van der Waals surface area (Å²) in [7, 11) is 0. The van der Waals surface area contributed by atoms with E-state index in [9.17, 15) is 9.59 Å². The number of alkyl halides is 2. The van der Waals surface area contributed by atoms with Gasteiger partial charge < -0.3 is 0 Å². The van der Waals surface area contributed by atoms with Crippen LogP contribution in [0.25, 0.3) is 0 Å². The first-order valence-corrected chi connectivity index (χ1v) is 5.93. The number of ketones is 2. The summed E-state index contributed by atoms with van der Waals surface area (Å²) in [4.78, 5) is 21.6. The Morgan fingerprint density at radius 1 is 0.714 bits per heavy atom. The van der Waals surface area contributed by atoms with Gasteiger partial charge in [-0.25, -0.2) is 0 Å². The lowest BCUT2D eigenvalue weighted by Gasteiger charge is -1.99. The molecule has 0 radical (unpaired) electrons. The quantitative estimate of drug-likeness (QED) is 0.458. The Bertz CT molecular complexity index is 161. The highest BCUT2D eigenvalue weighted by atomic mass is 35.5. The Balaban J connectivity index is 3.14. The molecule has 4 heteroatoms. The lowest BCUT2D eigenvalue weighted by molar-refractivity contribution is -0.117. The summed E-state index contributed by atoms with van der Waals surface area (Å²) in [6, 6.07) is 0. The SMILES string of the molecule is O=C(CCl)CCCCCCC(=O)CCl. The second-order valence-corrected chi connectivity index (χ2v) is 3.79. The van der Waals surface area contributed by atoms with E-state index in [4.69, 9.17) is 23.2 Å². The first-order chi connectivity index (χ1) is 6.70. The Morgan fingerprint density at radius 2 is 1.07 bits per heavy atom. The van der Waals surface area contributed by atoms with Crippen molar-refractivity contribution in [1.82, 2.24) is 0 Å². The number of rotatable bonds is 9. The number of carbonyl (C=O) groups excluding carboxylic acids is 2. The van der Waals surface area contributed by atoms with E-state index < -0.39 is 0 Å². The maximum atomic E-state index is 10.8. The van der Waals surface area contributed by atoms with Gasteiger partial charge in [0.1, 0.15) is 11.6 Å². The van der Waals surface area contributed by atoms with Crippen LogP contribution < -0.4 is 0 Å². The third kappa shape index (κ3) is 8.52. The highest BCUT2D eigenvalue weighted by Crippen LogP contribution is 2.06. The standard InChI is InChI=1S/C10H16Cl2O2/c11-7-9(13)5-3-1-2-4-6-10(14)8-12/h1-8H2. The van der Waals surface area contributed by atoms with Crippen LogP contribution in [0.3, 0.4) is 0 Å². The monoisotopic (exact) mass is 238 g/mol. The van der Waals surface area contributed by atoms with Crippen LogP contribution >= 0.6 is 23.2 Å². The van der Waals surface area contributed by atoms with Crippen LogP contribution in [0.1, 0.15) is 38.5 Å². The molecular weight excluding hydrogens is 223 g/mol. The predicted octanol–water partition coefficient (Wildman–Crippen LogP) is 2.94. The van der Waals surface area contributed by atoms with E-state index in [0.29, 0.717) is 12.8 Å². The van der Waals surface area contributed by atoms with E-state index in [1.54, 1.807) is 0 Å². The summed E-state index contributed by atoms with van der Waals surface area (Å²) in [6.07, 6.45) is 4.84. The zero-order valence-electron chi connectivity index (χ0n) is 8.23. The van der Waals surface area contributed by atoms with Crippen molar-refractivity contribution >= 4 is 34.8 Å². The fraction of sp³-hybridized carbons (Fsp3) is 0.800. The molecule has 0 heterocycles. The van der Waals surface area contributed by atoms with E-state index in [1.807, 2.05) is 0 Å². The second-order valence-electron chi connectivity index (χ2n) is 3.26. The van der Waals surface area contributed by atoms with Crippen LogP contribution in [0, 0.1) is 0 Å². The number of carbonyl (C=O) groups is 2. The zero-order chi connectivity index (χ0) is 10.8. The van der Waals surface area contributed by atoms with Crippen molar-refractivity contribution in [2.24, 2.45) is 0 Å². The second kappa shape index (κ2) is 9.47. The molecule has 0 aliphatic rings.